The second kappa shape index (κ2) is 5.57. The molecule has 0 aliphatic carbocycles. The molecule has 0 aromatic heterocycles. The largest absolute Gasteiger partial charge is 0.508 e. The molecule has 0 aliphatic rings. The van der Waals surface area contributed by atoms with Gasteiger partial charge in [0, 0.05) is 5.56 Å². The third-order valence-electron chi connectivity index (χ3n) is 1.41. The maximum absolute atomic E-state index is 9.07. The molecule has 0 spiro atoms. The van der Waals surface area contributed by atoms with Crippen LogP contribution in [0.5, 0.6) is 5.75 Å². The molecule has 0 saturated carbocycles. The standard InChI is InChI=1S/C8H10O2.CH5N/c1-6-2-3-8(10)7(4-6)5-9;1-2/h2-4,9-10H,5H2,1H3;2H2,1H3. The third-order valence-corrected chi connectivity index (χ3v) is 1.41. The highest BCUT2D eigenvalue weighted by Gasteiger charge is 1.97. The Labute approximate surface area is 72.5 Å². The van der Waals surface area contributed by atoms with Gasteiger partial charge in [0.1, 0.15) is 5.75 Å². The molecule has 0 amide bonds. The Morgan fingerprint density at radius 3 is 2.33 bits per heavy atom. The number of aliphatic hydroxyl groups excluding tert-OH is 1. The normalized spacial score (nSPS) is 8.67. The molecular weight excluding hydrogens is 154 g/mol. The van der Waals surface area contributed by atoms with Crippen LogP contribution in [0.4, 0.5) is 0 Å². The van der Waals surface area contributed by atoms with Crippen molar-refractivity contribution in [3.8, 4) is 5.75 Å². The summed E-state index contributed by atoms with van der Waals surface area (Å²) in [7, 11) is 1.50. The van der Waals surface area contributed by atoms with E-state index in [9.17, 15) is 0 Å². The molecule has 0 bridgehead atoms. The van der Waals surface area contributed by atoms with Crippen molar-refractivity contribution in [2.45, 2.75) is 13.5 Å². The maximum atomic E-state index is 9.07. The minimum atomic E-state index is -0.104. The summed E-state index contributed by atoms with van der Waals surface area (Å²) in [6, 6.07) is 5.14. The monoisotopic (exact) mass is 169 g/mol. The van der Waals surface area contributed by atoms with Gasteiger partial charge in [0.05, 0.1) is 6.61 Å². The van der Waals surface area contributed by atoms with Gasteiger partial charge >= 0.3 is 0 Å². The summed E-state index contributed by atoms with van der Waals surface area (Å²) in [5, 5.41) is 17.8. The molecule has 3 heteroatoms. The van der Waals surface area contributed by atoms with Gasteiger partial charge in [-0.3, -0.25) is 0 Å². The van der Waals surface area contributed by atoms with E-state index in [0.717, 1.165) is 5.56 Å². The summed E-state index contributed by atoms with van der Waals surface area (Å²) in [5.41, 5.74) is 6.13. The Morgan fingerprint density at radius 1 is 1.33 bits per heavy atom. The fraction of sp³-hybridized carbons (Fsp3) is 0.333. The summed E-state index contributed by atoms with van der Waals surface area (Å²) >= 11 is 0. The first-order valence-electron chi connectivity index (χ1n) is 3.71. The van der Waals surface area contributed by atoms with Crippen molar-refractivity contribution in [1.29, 1.82) is 0 Å². The number of benzene rings is 1. The Kier molecular flexibility index (Phi) is 5.08. The van der Waals surface area contributed by atoms with Gasteiger partial charge in [-0.2, -0.15) is 0 Å². The van der Waals surface area contributed by atoms with Crippen LogP contribution in [0.3, 0.4) is 0 Å². The SMILES string of the molecule is CN.Cc1ccc(O)c(CO)c1. The molecule has 4 N–H and O–H groups in total. The zero-order chi connectivity index (χ0) is 9.56. The van der Waals surface area contributed by atoms with Crippen molar-refractivity contribution in [2.75, 3.05) is 7.05 Å². The molecule has 0 fully saturated rings. The molecule has 68 valence electrons. The molecule has 12 heavy (non-hydrogen) atoms. The van der Waals surface area contributed by atoms with Gasteiger partial charge in [-0.15, -0.1) is 0 Å². The van der Waals surface area contributed by atoms with E-state index in [2.05, 4.69) is 5.73 Å². The number of rotatable bonds is 1. The van der Waals surface area contributed by atoms with Crippen LogP contribution in [0, 0.1) is 6.92 Å². The lowest BCUT2D eigenvalue weighted by atomic mass is 10.1. The van der Waals surface area contributed by atoms with Crippen LogP contribution in [0.1, 0.15) is 11.1 Å². The van der Waals surface area contributed by atoms with Crippen LogP contribution >= 0.6 is 0 Å². The van der Waals surface area contributed by atoms with E-state index in [1.165, 1.54) is 7.05 Å². The van der Waals surface area contributed by atoms with E-state index in [0.29, 0.717) is 5.56 Å². The summed E-state index contributed by atoms with van der Waals surface area (Å²) in [6.45, 7) is 1.81. The Bertz CT molecular complexity index is 236. The molecule has 1 aromatic rings. The van der Waals surface area contributed by atoms with Gasteiger partial charge in [0.15, 0.2) is 0 Å². The van der Waals surface area contributed by atoms with Crippen LogP contribution in [0.25, 0.3) is 0 Å². The van der Waals surface area contributed by atoms with Gasteiger partial charge in [-0.1, -0.05) is 17.7 Å². The number of hydrogen-bond donors (Lipinski definition) is 3. The molecule has 0 atom stereocenters. The second-order valence-electron chi connectivity index (χ2n) is 2.29. The summed E-state index contributed by atoms with van der Waals surface area (Å²) in [5.74, 6) is 0.160. The average molecular weight is 169 g/mol. The zero-order valence-corrected chi connectivity index (χ0v) is 7.41. The van der Waals surface area contributed by atoms with Crippen LogP contribution in [0.15, 0.2) is 18.2 Å². The first-order chi connectivity index (χ1) is 5.74. The van der Waals surface area contributed by atoms with Gasteiger partial charge in [-0.05, 0) is 20.0 Å². The van der Waals surface area contributed by atoms with Crippen LogP contribution < -0.4 is 5.73 Å². The minimum Gasteiger partial charge on any atom is -0.508 e. The van der Waals surface area contributed by atoms with Gasteiger partial charge in [0.2, 0.25) is 0 Å². The van der Waals surface area contributed by atoms with E-state index in [4.69, 9.17) is 10.2 Å². The highest BCUT2D eigenvalue weighted by molar-refractivity contribution is 5.34. The predicted octanol–water partition coefficient (Wildman–Crippen LogP) is 0.768. The van der Waals surface area contributed by atoms with Crippen LogP contribution in [0.2, 0.25) is 0 Å². The average Bonchev–Trinajstić information content (AvgIpc) is 2.13. The van der Waals surface area contributed by atoms with E-state index in [1.807, 2.05) is 6.92 Å². The van der Waals surface area contributed by atoms with Crippen LogP contribution in [-0.4, -0.2) is 17.3 Å². The van der Waals surface area contributed by atoms with E-state index >= 15 is 0 Å². The Balaban J connectivity index is 0.000000561. The van der Waals surface area contributed by atoms with Gasteiger partial charge in [0.25, 0.3) is 0 Å². The van der Waals surface area contributed by atoms with Crippen molar-refractivity contribution in [2.24, 2.45) is 5.73 Å². The number of nitrogens with two attached hydrogens (primary N) is 1. The molecule has 0 heterocycles. The molecule has 3 nitrogen and oxygen atoms in total. The molecule has 0 unspecified atom stereocenters. The summed E-state index contributed by atoms with van der Waals surface area (Å²) in [4.78, 5) is 0. The Morgan fingerprint density at radius 2 is 1.92 bits per heavy atom. The lowest BCUT2D eigenvalue weighted by molar-refractivity contribution is 0.275. The lowest BCUT2D eigenvalue weighted by Gasteiger charge is -2.00. The Hall–Kier alpha value is -1.06. The zero-order valence-electron chi connectivity index (χ0n) is 7.41. The highest BCUT2D eigenvalue weighted by Crippen LogP contribution is 2.17. The summed E-state index contributed by atoms with van der Waals surface area (Å²) < 4.78 is 0. The number of aromatic hydroxyl groups is 1. The molecule has 1 rings (SSSR count). The number of phenols is 1. The predicted molar refractivity (Wildman–Crippen MR) is 48.9 cm³/mol. The van der Waals surface area contributed by atoms with E-state index in [1.54, 1.807) is 18.2 Å². The molecule has 0 radical (unpaired) electrons. The number of aliphatic hydroxyl groups is 1. The lowest BCUT2D eigenvalue weighted by Crippen LogP contribution is -1.84. The van der Waals surface area contributed by atoms with E-state index in [-0.39, 0.29) is 12.4 Å². The smallest absolute Gasteiger partial charge is 0.121 e. The fourth-order valence-electron chi connectivity index (χ4n) is 0.841. The quantitative estimate of drug-likeness (QED) is 0.581. The molecule has 0 aliphatic heterocycles. The molecule has 0 saturated heterocycles. The summed E-state index contributed by atoms with van der Waals surface area (Å²) in [6.07, 6.45) is 0. The van der Waals surface area contributed by atoms with Crippen molar-refractivity contribution < 1.29 is 10.2 Å². The van der Waals surface area contributed by atoms with Crippen molar-refractivity contribution >= 4 is 0 Å². The highest BCUT2D eigenvalue weighted by atomic mass is 16.3. The van der Waals surface area contributed by atoms with Gasteiger partial charge in [-0.25, -0.2) is 0 Å². The molecule has 1 aromatic carbocycles. The van der Waals surface area contributed by atoms with Crippen molar-refractivity contribution in [3.63, 3.8) is 0 Å². The van der Waals surface area contributed by atoms with Crippen LogP contribution in [-0.2, 0) is 6.61 Å². The fourth-order valence-corrected chi connectivity index (χ4v) is 0.841. The second-order valence-corrected chi connectivity index (χ2v) is 2.29. The van der Waals surface area contributed by atoms with E-state index < -0.39 is 0 Å². The number of hydrogen-bond acceptors (Lipinski definition) is 3. The first-order valence-corrected chi connectivity index (χ1v) is 3.71. The van der Waals surface area contributed by atoms with Crippen molar-refractivity contribution in [1.82, 2.24) is 0 Å². The molecular formula is C9H15NO2. The first kappa shape index (κ1) is 10.9. The van der Waals surface area contributed by atoms with Crippen molar-refractivity contribution in [3.05, 3.63) is 29.3 Å². The van der Waals surface area contributed by atoms with Gasteiger partial charge < -0.3 is 15.9 Å². The minimum absolute atomic E-state index is 0.104. The topological polar surface area (TPSA) is 66.5 Å². The third kappa shape index (κ3) is 2.90. The maximum Gasteiger partial charge on any atom is 0.121 e. The number of aryl methyl sites for hydroxylation is 1.